The molecule has 0 aromatic heterocycles. The molecule has 0 aliphatic rings. The summed E-state index contributed by atoms with van der Waals surface area (Å²) in [5, 5.41) is 0. The first-order valence-corrected chi connectivity index (χ1v) is 5.45. The van der Waals surface area contributed by atoms with Crippen molar-refractivity contribution in [2.24, 2.45) is 11.8 Å². The Morgan fingerprint density at radius 2 is 1.83 bits per heavy atom. The summed E-state index contributed by atoms with van der Waals surface area (Å²) in [6.07, 6.45) is 0. The predicted octanol–water partition coefficient (Wildman–Crippen LogP) is 2.01. The molecule has 12 heavy (non-hydrogen) atoms. The zero-order chi connectivity index (χ0) is 9.78. The molecule has 2 nitrogen and oxygen atoms in total. The molecule has 0 radical (unpaired) electrons. The zero-order valence-corrected chi connectivity index (χ0v) is 9.66. The van der Waals surface area contributed by atoms with Crippen molar-refractivity contribution in [1.82, 2.24) is 5.43 Å². The number of hydrogen-bond donors (Lipinski definition) is 2. The normalized spacial score (nSPS) is 15.2. The summed E-state index contributed by atoms with van der Waals surface area (Å²) in [7, 11) is 0. The topological polar surface area (TPSA) is 38.0 Å². The molecule has 0 aliphatic heterocycles. The maximum Gasteiger partial charge on any atom is 0.0324 e. The molecule has 0 saturated heterocycles. The number of nitrogens with two attached hydrogens (primary N) is 1. The third-order valence-corrected chi connectivity index (χ3v) is 3.11. The second-order valence-corrected chi connectivity index (χ2v) is 6.29. The second-order valence-electron chi connectivity index (χ2n) is 4.44. The highest BCUT2D eigenvalue weighted by atomic mass is 32.2. The molecule has 0 bridgehead atoms. The lowest BCUT2D eigenvalue weighted by atomic mass is 10.1. The Labute approximate surface area is 80.6 Å². The number of nitrogens with one attached hydrogen (secondary N) is 1. The van der Waals surface area contributed by atoms with Crippen molar-refractivity contribution in [1.29, 1.82) is 0 Å². The smallest absolute Gasteiger partial charge is 0.0324 e. The third-order valence-electron chi connectivity index (χ3n) is 1.71. The quantitative estimate of drug-likeness (QED) is 0.526. The van der Waals surface area contributed by atoms with Gasteiger partial charge in [-0.2, -0.15) is 11.8 Å². The summed E-state index contributed by atoms with van der Waals surface area (Å²) in [4.78, 5) is 0. The van der Waals surface area contributed by atoms with Crippen LogP contribution in [0.4, 0.5) is 0 Å². The van der Waals surface area contributed by atoms with Crippen LogP contribution in [0.5, 0.6) is 0 Å². The average molecular weight is 190 g/mol. The van der Waals surface area contributed by atoms with Gasteiger partial charge in [0.1, 0.15) is 0 Å². The van der Waals surface area contributed by atoms with Crippen molar-refractivity contribution in [2.75, 3.05) is 5.75 Å². The lowest BCUT2D eigenvalue weighted by molar-refractivity contribution is 0.442. The van der Waals surface area contributed by atoms with Gasteiger partial charge in [-0.15, -0.1) is 0 Å². The van der Waals surface area contributed by atoms with Crippen molar-refractivity contribution >= 4 is 11.8 Å². The summed E-state index contributed by atoms with van der Waals surface area (Å²) < 4.78 is 0.337. The van der Waals surface area contributed by atoms with Crippen molar-refractivity contribution in [2.45, 2.75) is 45.4 Å². The van der Waals surface area contributed by atoms with Crippen molar-refractivity contribution in [3.8, 4) is 0 Å². The van der Waals surface area contributed by atoms with Gasteiger partial charge in [-0.05, 0) is 5.92 Å². The van der Waals surface area contributed by atoms with Gasteiger partial charge in [0.2, 0.25) is 0 Å². The van der Waals surface area contributed by atoms with Crippen molar-refractivity contribution in [3.63, 3.8) is 0 Å². The molecule has 0 aromatic carbocycles. The Bertz CT molecular complexity index is 118. The number of hydrazine groups is 1. The number of thioether (sulfide) groups is 1. The fourth-order valence-corrected chi connectivity index (χ4v) is 1.93. The van der Waals surface area contributed by atoms with Crippen LogP contribution in [0.3, 0.4) is 0 Å². The summed E-state index contributed by atoms with van der Waals surface area (Å²) in [6, 6.07) is 0.425. The van der Waals surface area contributed by atoms with E-state index < -0.39 is 0 Å². The van der Waals surface area contributed by atoms with E-state index in [0.717, 1.165) is 5.75 Å². The average Bonchev–Trinajstić information content (AvgIpc) is 1.85. The molecule has 0 aromatic rings. The van der Waals surface area contributed by atoms with E-state index in [1.54, 1.807) is 0 Å². The molecular formula is C9H22N2S. The highest BCUT2D eigenvalue weighted by Crippen LogP contribution is 2.24. The summed E-state index contributed by atoms with van der Waals surface area (Å²) in [6.45, 7) is 11.1. The fourth-order valence-electron chi connectivity index (χ4n) is 0.773. The van der Waals surface area contributed by atoms with E-state index in [1.165, 1.54) is 0 Å². The van der Waals surface area contributed by atoms with Gasteiger partial charge in [0.15, 0.2) is 0 Å². The highest BCUT2D eigenvalue weighted by molar-refractivity contribution is 8.00. The lowest BCUT2D eigenvalue weighted by Crippen LogP contribution is -2.41. The van der Waals surface area contributed by atoms with E-state index in [2.05, 4.69) is 40.0 Å². The van der Waals surface area contributed by atoms with Gasteiger partial charge < -0.3 is 0 Å². The van der Waals surface area contributed by atoms with E-state index >= 15 is 0 Å². The monoisotopic (exact) mass is 190 g/mol. The van der Waals surface area contributed by atoms with Crippen LogP contribution in [0.2, 0.25) is 0 Å². The molecule has 0 aliphatic carbocycles. The molecule has 3 N–H and O–H groups in total. The minimum atomic E-state index is 0.337. The molecule has 3 heteroatoms. The molecule has 0 fully saturated rings. The molecule has 0 amide bonds. The Morgan fingerprint density at radius 1 is 1.33 bits per heavy atom. The Balaban J connectivity index is 3.73. The lowest BCUT2D eigenvalue weighted by Gasteiger charge is -2.24. The van der Waals surface area contributed by atoms with Crippen LogP contribution in [-0.2, 0) is 0 Å². The van der Waals surface area contributed by atoms with E-state index in [1.807, 2.05) is 11.8 Å². The minimum Gasteiger partial charge on any atom is -0.271 e. The Morgan fingerprint density at radius 3 is 2.08 bits per heavy atom. The van der Waals surface area contributed by atoms with Crippen molar-refractivity contribution in [3.05, 3.63) is 0 Å². The first-order chi connectivity index (χ1) is 5.37. The molecular weight excluding hydrogens is 168 g/mol. The van der Waals surface area contributed by atoms with Crippen LogP contribution < -0.4 is 11.3 Å². The molecule has 0 rings (SSSR count). The fraction of sp³-hybridized carbons (Fsp3) is 1.00. The summed E-state index contributed by atoms with van der Waals surface area (Å²) >= 11 is 1.95. The maximum absolute atomic E-state index is 5.44. The van der Waals surface area contributed by atoms with Crippen LogP contribution >= 0.6 is 11.8 Å². The van der Waals surface area contributed by atoms with Gasteiger partial charge in [-0.1, -0.05) is 34.6 Å². The van der Waals surface area contributed by atoms with E-state index in [0.29, 0.717) is 16.7 Å². The number of rotatable bonds is 4. The maximum atomic E-state index is 5.44. The van der Waals surface area contributed by atoms with Gasteiger partial charge in [0, 0.05) is 16.5 Å². The van der Waals surface area contributed by atoms with Gasteiger partial charge in [-0.3, -0.25) is 11.3 Å². The minimum absolute atomic E-state index is 0.337. The summed E-state index contributed by atoms with van der Waals surface area (Å²) in [5.41, 5.74) is 2.85. The van der Waals surface area contributed by atoms with Crippen LogP contribution in [-0.4, -0.2) is 16.5 Å². The van der Waals surface area contributed by atoms with Crippen molar-refractivity contribution < 1.29 is 0 Å². The molecule has 0 saturated carbocycles. The largest absolute Gasteiger partial charge is 0.271 e. The molecule has 1 atom stereocenters. The molecule has 74 valence electrons. The van der Waals surface area contributed by atoms with Gasteiger partial charge >= 0.3 is 0 Å². The van der Waals surface area contributed by atoms with Gasteiger partial charge in [0.05, 0.1) is 0 Å². The Kier molecular flexibility index (Phi) is 5.21. The van der Waals surface area contributed by atoms with E-state index in [9.17, 15) is 0 Å². The first kappa shape index (κ1) is 12.3. The standard InChI is InChI=1S/C9H22N2S/c1-7(2)8(11-10)6-12-9(3,4)5/h7-8,11H,6,10H2,1-5H3. The van der Waals surface area contributed by atoms with E-state index in [4.69, 9.17) is 5.84 Å². The van der Waals surface area contributed by atoms with Gasteiger partial charge in [0.25, 0.3) is 0 Å². The third kappa shape index (κ3) is 5.86. The molecule has 0 spiro atoms. The summed E-state index contributed by atoms with van der Waals surface area (Å²) in [5.74, 6) is 7.12. The van der Waals surface area contributed by atoms with Crippen LogP contribution in [0.25, 0.3) is 0 Å². The zero-order valence-electron chi connectivity index (χ0n) is 8.85. The second kappa shape index (κ2) is 5.10. The highest BCUT2D eigenvalue weighted by Gasteiger charge is 2.16. The predicted molar refractivity (Wildman–Crippen MR) is 58.2 cm³/mol. The van der Waals surface area contributed by atoms with E-state index in [-0.39, 0.29) is 0 Å². The van der Waals surface area contributed by atoms with Crippen LogP contribution in [0, 0.1) is 5.92 Å². The molecule has 0 heterocycles. The molecule has 1 unspecified atom stereocenters. The SMILES string of the molecule is CC(C)C(CSC(C)(C)C)NN. The van der Waals surface area contributed by atoms with Crippen LogP contribution in [0.15, 0.2) is 0 Å². The Hall–Kier alpha value is 0.270. The first-order valence-electron chi connectivity index (χ1n) is 4.47. The number of hydrogen-bond acceptors (Lipinski definition) is 3. The van der Waals surface area contributed by atoms with Crippen LogP contribution in [0.1, 0.15) is 34.6 Å². The van der Waals surface area contributed by atoms with Gasteiger partial charge in [-0.25, -0.2) is 0 Å².